The van der Waals surface area contributed by atoms with Crippen LogP contribution in [0.5, 0.6) is 0 Å². The molecule has 1 aliphatic heterocycles. The fourth-order valence-electron chi connectivity index (χ4n) is 2.01. The van der Waals surface area contributed by atoms with E-state index in [2.05, 4.69) is 10.2 Å². The number of hydrogen-bond donors (Lipinski definition) is 1. The molecule has 1 rings (SSSR count). The first-order chi connectivity index (χ1) is 7.90. The van der Waals surface area contributed by atoms with E-state index in [9.17, 15) is 13.2 Å². The Morgan fingerprint density at radius 1 is 1.35 bits per heavy atom. The molecule has 0 aromatic heterocycles. The van der Waals surface area contributed by atoms with Crippen LogP contribution in [0.15, 0.2) is 0 Å². The van der Waals surface area contributed by atoms with Gasteiger partial charge in [0.1, 0.15) is 6.04 Å². The summed E-state index contributed by atoms with van der Waals surface area (Å²) in [6, 6.07) is -0.598. The quantitative estimate of drug-likeness (QED) is 0.713. The number of rotatable bonds is 4. The summed E-state index contributed by atoms with van der Waals surface area (Å²) in [7, 11) is -3.32. The summed E-state index contributed by atoms with van der Waals surface area (Å²) in [5, 5.41) is 2.69. The van der Waals surface area contributed by atoms with Gasteiger partial charge in [0, 0.05) is 26.2 Å². The summed E-state index contributed by atoms with van der Waals surface area (Å²) in [4.78, 5) is 14.0. The number of hydrogen-bond acceptors (Lipinski definition) is 4. The third kappa shape index (κ3) is 3.65. The third-order valence-corrected chi connectivity index (χ3v) is 4.23. The molecule has 17 heavy (non-hydrogen) atoms. The zero-order valence-electron chi connectivity index (χ0n) is 10.6. The number of sulfonamides is 1. The van der Waals surface area contributed by atoms with E-state index in [1.807, 2.05) is 13.8 Å². The van der Waals surface area contributed by atoms with Crippen molar-refractivity contribution < 1.29 is 13.2 Å². The molecule has 1 saturated heterocycles. The van der Waals surface area contributed by atoms with Crippen molar-refractivity contribution in [1.82, 2.24) is 14.5 Å². The fraction of sp³-hybridized carbons (Fsp3) is 0.900. The van der Waals surface area contributed by atoms with Gasteiger partial charge in [0.2, 0.25) is 15.9 Å². The van der Waals surface area contributed by atoms with E-state index < -0.39 is 16.1 Å². The van der Waals surface area contributed by atoms with Crippen LogP contribution in [-0.4, -0.2) is 68.6 Å². The van der Waals surface area contributed by atoms with Crippen molar-refractivity contribution in [2.45, 2.75) is 19.9 Å². The van der Waals surface area contributed by atoms with Crippen LogP contribution in [0.3, 0.4) is 0 Å². The van der Waals surface area contributed by atoms with Crippen LogP contribution in [0.1, 0.15) is 13.8 Å². The molecular formula is C10H21N3O3S. The number of amides is 1. The first-order valence-electron chi connectivity index (χ1n) is 5.87. The maximum Gasteiger partial charge on any atom is 0.239 e. The zero-order valence-corrected chi connectivity index (χ0v) is 11.5. The Balaban J connectivity index is 2.86. The van der Waals surface area contributed by atoms with Crippen molar-refractivity contribution in [3.05, 3.63) is 0 Å². The third-order valence-electron chi connectivity index (χ3n) is 2.94. The molecule has 0 radical (unpaired) electrons. The second kappa shape index (κ2) is 5.79. The van der Waals surface area contributed by atoms with E-state index in [0.717, 1.165) is 12.8 Å². The molecule has 1 heterocycles. The summed E-state index contributed by atoms with van der Waals surface area (Å²) < 4.78 is 24.6. The van der Waals surface area contributed by atoms with Gasteiger partial charge in [-0.3, -0.25) is 4.79 Å². The van der Waals surface area contributed by atoms with E-state index in [-0.39, 0.29) is 5.91 Å². The lowest BCUT2D eigenvalue weighted by Gasteiger charge is -2.38. The Morgan fingerprint density at radius 2 is 2.00 bits per heavy atom. The normalized spacial score (nSPS) is 23.6. The van der Waals surface area contributed by atoms with E-state index in [1.165, 1.54) is 4.31 Å². The lowest BCUT2D eigenvalue weighted by atomic mass is 10.2. The molecule has 0 aromatic rings. The van der Waals surface area contributed by atoms with Crippen molar-refractivity contribution in [1.29, 1.82) is 0 Å². The summed E-state index contributed by atoms with van der Waals surface area (Å²) in [6.45, 7) is 6.70. The predicted octanol–water partition coefficient (Wildman–Crippen LogP) is -0.912. The Labute approximate surface area is 103 Å². The van der Waals surface area contributed by atoms with Crippen molar-refractivity contribution in [2.24, 2.45) is 0 Å². The highest BCUT2D eigenvalue weighted by molar-refractivity contribution is 7.88. The second-order valence-corrected chi connectivity index (χ2v) is 6.11. The van der Waals surface area contributed by atoms with Crippen LogP contribution in [0.2, 0.25) is 0 Å². The number of likely N-dealkylation sites (N-methyl/N-ethyl adjacent to an activating group) is 2. The number of piperazine rings is 1. The number of carbonyl (C=O) groups excluding carboxylic acids is 1. The van der Waals surface area contributed by atoms with Crippen LogP contribution in [0, 0.1) is 0 Å². The highest BCUT2D eigenvalue weighted by Gasteiger charge is 2.36. The van der Waals surface area contributed by atoms with E-state index in [1.54, 1.807) is 0 Å². The van der Waals surface area contributed by atoms with Crippen LogP contribution < -0.4 is 5.32 Å². The number of nitrogens with zero attached hydrogens (tertiary/aromatic N) is 2. The fourth-order valence-corrected chi connectivity index (χ4v) is 3.05. The van der Waals surface area contributed by atoms with Gasteiger partial charge in [-0.05, 0) is 13.5 Å². The summed E-state index contributed by atoms with van der Waals surface area (Å²) in [6.07, 6.45) is 1.15. The second-order valence-electron chi connectivity index (χ2n) is 4.18. The van der Waals surface area contributed by atoms with Crippen molar-refractivity contribution in [3.63, 3.8) is 0 Å². The summed E-state index contributed by atoms with van der Waals surface area (Å²) >= 11 is 0. The Morgan fingerprint density at radius 3 is 2.47 bits per heavy atom. The minimum atomic E-state index is -3.32. The van der Waals surface area contributed by atoms with E-state index in [0.29, 0.717) is 26.2 Å². The summed E-state index contributed by atoms with van der Waals surface area (Å²) in [5.41, 5.74) is 0. The molecule has 1 amide bonds. The van der Waals surface area contributed by atoms with Crippen LogP contribution in [-0.2, 0) is 14.8 Å². The molecule has 0 spiro atoms. The van der Waals surface area contributed by atoms with Gasteiger partial charge in [-0.1, -0.05) is 6.92 Å². The molecule has 0 bridgehead atoms. The maximum atomic E-state index is 11.9. The van der Waals surface area contributed by atoms with Crippen molar-refractivity contribution in [3.8, 4) is 0 Å². The first-order valence-corrected chi connectivity index (χ1v) is 7.71. The molecule has 1 fully saturated rings. The SMILES string of the molecule is CCNC(=O)C1CN(CC)CCN1S(C)(=O)=O. The highest BCUT2D eigenvalue weighted by atomic mass is 32.2. The van der Waals surface area contributed by atoms with E-state index in [4.69, 9.17) is 0 Å². The van der Waals surface area contributed by atoms with Gasteiger partial charge in [-0.15, -0.1) is 0 Å². The lowest BCUT2D eigenvalue weighted by Crippen LogP contribution is -2.60. The van der Waals surface area contributed by atoms with Crippen molar-refractivity contribution in [2.75, 3.05) is 39.0 Å². The van der Waals surface area contributed by atoms with Gasteiger partial charge in [0.25, 0.3) is 0 Å². The Kier molecular flexibility index (Phi) is 4.91. The monoisotopic (exact) mass is 263 g/mol. The highest BCUT2D eigenvalue weighted by Crippen LogP contribution is 2.13. The average Bonchev–Trinajstić information content (AvgIpc) is 2.27. The molecule has 1 aliphatic rings. The predicted molar refractivity (Wildman–Crippen MR) is 66.1 cm³/mol. The summed E-state index contributed by atoms with van der Waals surface area (Å²) in [5.74, 6) is -0.212. The topological polar surface area (TPSA) is 69.7 Å². The minimum Gasteiger partial charge on any atom is -0.355 e. The van der Waals surface area contributed by atoms with Gasteiger partial charge >= 0.3 is 0 Å². The average molecular weight is 263 g/mol. The van der Waals surface area contributed by atoms with Crippen LogP contribution >= 0.6 is 0 Å². The zero-order chi connectivity index (χ0) is 13.1. The maximum absolute atomic E-state index is 11.9. The molecule has 1 unspecified atom stereocenters. The minimum absolute atomic E-state index is 0.212. The molecular weight excluding hydrogens is 242 g/mol. The molecule has 0 saturated carbocycles. The van der Waals surface area contributed by atoms with Gasteiger partial charge in [-0.25, -0.2) is 8.42 Å². The van der Waals surface area contributed by atoms with Gasteiger partial charge in [0.05, 0.1) is 6.26 Å². The van der Waals surface area contributed by atoms with Crippen LogP contribution in [0.4, 0.5) is 0 Å². The number of carbonyl (C=O) groups is 1. The largest absolute Gasteiger partial charge is 0.355 e. The Hall–Kier alpha value is -0.660. The van der Waals surface area contributed by atoms with Crippen LogP contribution in [0.25, 0.3) is 0 Å². The standard InChI is InChI=1S/C10H21N3O3S/c1-4-11-10(14)9-8-12(5-2)6-7-13(9)17(3,15)16/h9H,4-8H2,1-3H3,(H,11,14). The first kappa shape index (κ1) is 14.4. The van der Waals surface area contributed by atoms with Gasteiger partial charge in [0.15, 0.2) is 0 Å². The molecule has 6 nitrogen and oxygen atoms in total. The molecule has 0 aromatic carbocycles. The van der Waals surface area contributed by atoms with Crippen molar-refractivity contribution >= 4 is 15.9 Å². The van der Waals surface area contributed by atoms with E-state index >= 15 is 0 Å². The molecule has 1 N–H and O–H groups in total. The molecule has 0 aliphatic carbocycles. The Bertz CT molecular complexity index is 369. The number of nitrogens with one attached hydrogen (secondary N) is 1. The molecule has 7 heteroatoms. The van der Waals surface area contributed by atoms with Gasteiger partial charge < -0.3 is 10.2 Å². The molecule has 100 valence electrons. The van der Waals surface area contributed by atoms with Gasteiger partial charge in [-0.2, -0.15) is 4.31 Å². The smallest absolute Gasteiger partial charge is 0.239 e. The lowest BCUT2D eigenvalue weighted by molar-refractivity contribution is -0.126. The molecule has 1 atom stereocenters.